The van der Waals surface area contributed by atoms with Gasteiger partial charge < -0.3 is 15.1 Å². The van der Waals surface area contributed by atoms with Crippen molar-refractivity contribution in [3.05, 3.63) is 71.0 Å². The molecule has 6 heteroatoms. The van der Waals surface area contributed by atoms with Crippen molar-refractivity contribution in [2.45, 2.75) is 69.7 Å². The molecule has 4 unspecified atom stereocenters. The van der Waals surface area contributed by atoms with E-state index in [1.54, 1.807) is 12.1 Å². The van der Waals surface area contributed by atoms with Crippen LogP contribution in [0.15, 0.2) is 48.5 Å². The molecule has 2 saturated heterocycles. The summed E-state index contributed by atoms with van der Waals surface area (Å²) in [4.78, 5) is 17.1. The minimum absolute atomic E-state index is 0.0704. The Morgan fingerprint density at radius 1 is 1.03 bits per heavy atom. The number of carbonyl (C=O) groups is 1. The third-order valence-electron chi connectivity index (χ3n) is 9.60. The average molecular weight is 537 g/mol. The number of carboxylic acid groups (broad SMARTS) is 1. The Hall–Kier alpha value is -2.28. The number of rotatable bonds is 12. The summed E-state index contributed by atoms with van der Waals surface area (Å²) in [6.07, 6.45) is 7.48. The number of aliphatic hydroxyl groups excluding tert-OH is 1. The fraction of sp³-hybridized carbons (Fsp3) is 0.606. The van der Waals surface area contributed by atoms with Crippen LogP contribution >= 0.6 is 0 Å². The first-order valence-electron chi connectivity index (χ1n) is 15.0. The van der Waals surface area contributed by atoms with Gasteiger partial charge in [0.25, 0.3) is 0 Å². The lowest BCUT2D eigenvalue weighted by molar-refractivity contribution is -0.143. The van der Waals surface area contributed by atoms with Gasteiger partial charge in [0.1, 0.15) is 11.9 Å². The Labute approximate surface area is 233 Å². The highest BCUT2D eigenvalue weighted by Gasteiger charge is 2.42. The Morgan fingerprint density at radius 3 is 2.41 bits per heavy atom. The van der Waals surface area contributed by atoms with Crippen molar-refractivity contribution in [3.63, 3.8) is 0 Å². The van der Waals surface area contributed by atoms with Crippen LogP contribution in [0.2, 0.25) is 0 Å². The molecule has 3 fully saturated rings. The van der Waals surface area contributed by atoms with E-state index < -0.39 is 5.97 Å². The minimum Gasteiger partial charge on any atom is -0.480 e. The van der Waals surface area contributed by atoms with Gasteiger partial charge in [-0.05, 0) is 93.1 Å². The molecular weight excluding hydrogens is 491 g/mol. The summed E-state index contributed by atoms with van der Waals surface area (Å²) in [5.41, 5.74) is 3.63. The normalized spacial score (nSPS) is 24.6. The van der Waals surface area contributed by atoms with Crippen LogP contribution in [0.5, 0.6) is 0 Å². The first-order valence-corrected chi connectivity index (χ1v) is 15.0. The summed E-state index contributed by atoms with van der Waals surface area (Å²) in [5.74, 6) is 1.22. The Kier molecular flexibility index (Phi) is 9.36. The number of piperidine rings is 1. The number of carboxylic acids is 1. The van der Waals surface area contributed by atoms with Crippen molar-refractivity contribution < 1.29 is 19.4 Å². The maximum Gasteiger partial charge on any atom is 0.320 e. The quantitative estimate of drug-likeness (QED) is 0.366. The molecule has 5 nitrogen and oxygen atoms in total. The standard InChI is InChI=1S/C33H45FN2O3/c1-23-3-2-4-27(17-23)31-21-36(32(33(38)39)18-25-5-6-25)20-29(31)19-35-15-13-24(14-16-35)7-8-28(22-37)26-9-11-30(34)12-10-26/h2-4,9-12,17,24-25,28-29,31-32,37H,5-8,13-16,18-22H2,1H3,(H,38,39). The second-order valence-corrected chi connectivity index (χ2v) is 12.5. The molecule has 1 aliphatic carbocycles. The van der Waals surface area contributed by atoms with Crippen LogP contribution in [0.4, 0.5) is 4.39 Å². The molecule has 2 N–H and O–H groups in total. The van der Waals surface area contributed by atoms with Gasteiger partial charge in [-0.2, -0.15) is 0 Å². The first-order chi connectivity index (χ1) is 18.9. The number of halogens is 1. The molecule has 212 valence electrons. The van der Waals surface area contributed by atoms with Crippen LogP contribution in [-0.4, -0.2) is 71.4 Å². The number of likely N-dealkylation sites (tertiary alicyclic amines) is 2. The molecule has 2 aromatic carbocycles. The Bertz CT molecular complexity index is 1080. The fourth-order valence-corrected chi connectivity index (χ4v) is 7.02. The van der Waals surface area contributed by atoms with Crippen molar-refractivity contribution in [2.24, 2.45) is 17.8 Å². The molecule has 2 aliphatic heterocycles. The van der Waals surface area contributed by atoms with Gasteiger partial charge in [-0.1, -0.05) is 54.8 Å². The summed E-state index contributed by atoms with van der Waals surface area (Å²) in [7, 11) is 0. The minimum atomic E-state index is -0.659. The average Bonchev–Trinajstić information content (AvgIpc) is 3.67. The molecule has 5 rings (SSSR count). The predicted octanol–water partition coefficient (Wildman–Crippen LogP) is 5.67. The van der Waals surface area contributed by atoms with Gasteiger partial charge in [0, 0.05) is 38.1 Å². The van der Waals surface area contributed by atoms with Crippen molar-refractivity contribution in [1.29, 1.82) is 0 Å². The molecule has 0 bridgehead atoms. The Balaban J connectivity index is 1.17. The monoisotopic (exact) mass is 536 g/mol. The molecule has 0 amide bonds. The smallest absolute Gasteiger partial charge is 0.320 e. The van der Waals surface area contributed by atoms with Crippen molar-refractivity contribution in [2.75, 3.05) is 39.3 Å². The Morgan fingerprint density at radius 2 is 1.77 bits per heavy atom. The lowest BCUT2D eigenvalue weighted by atomic mass is 9.85. The second-order valence-electron chi connectivity index (χ2n) is 12.5. The highest BCUT2D eigenvalue weighted by Crippen LogP contribution is 2.40. The molecule has 0 aromatic heterocycles. The van der Waals surface area contributed by atoms with Crippen LogP contribution in [0, 0.1) is 30.5 Å². The molecule has 0 radical (unpaired) electrons. The number of nitrogens with zero attached hydrogens (tertiary/aromatic N) is 2. The van der Waals surface area contributed by atoms with Crippen molar-refractivity contribution in [1.82, 2.24) is 9.80 Å². The van der Waals surface area contributed by atoms with Gasteiger partial charge in [-0.15, -0.1) is 0 Å². The van der Waals surface area contributed by atoms with Gasteiger partial charge in [0.15, 0.2) is 0 Å². The van der Waals surface area contributed by atoms with Crippen molar-refractivity contribution in [3.8, 4) is 0 Å². The summed E-state index contributed by atoms with van der Waals surface area (Å²) in [5, 5.41) is 20.0. The van der Waals surface area contributed by atoms with E-state index in [4.69, 9.17) is 0 Å². The molecule has 0 spiro atoms. The van der Waals surface area contributed by atoms with E-state index in [2.05, 4.69) is 41.0 Å². The van der Waals surface area contributed by atoms with Crippen molar-refractivity contribution >= 4 is 5.97 Å². The highest BCUT2D eigenvalue weighted by atomic mass is 19.1. The molecule has 1 saturated carbocycles. The number of aliphatic hydroxyl groups is 1. The van der Waals surface area contributed by atoms with E-state index in [1.807, 2.05) is 0 Å². The SMILES string of the molecule is Cc1cccc(C2CN(C(CC3CC3)C(=O)O)CC2CN2CCC(CCC(CO)c3ccc(F)cc3)CC2)c1. The maximum absolute atomic E-state index is 13.3. The third kappa shape index (κ3) is 7.47. The molecule has 3 aliphatic rings. The lowest BCUT2D eigenvalue weighted by Crippen LogP contribution is -2.41. The zero-order chi connectivity index (χ0) is 27.4. The molecular formula is C33H45FN2O3. The van der Waals surface area contributed by atoms with Crippen LogP contribution in [0.1, 0.15) is 73.5 Å². The first kappa shape index (κ1) is 28.3. The van der Waals surface area contributed by atoms with E-state index in [9.17, 15) is 19.4 Å². The molecule has 2 aromatic rings. The fourth-order valence-electron chi connectivity index (χ4n) is 7.02. The van der Waals surface area contributed by atoms with Crippen LogP contribution in [0.25, 0.3) is 0 Å². The van der Waals surface area contributed by atoms with Crippen LogP contribution in [0.3, 0.4) is 0 Å². The van der Waals surface area contributed by atoms with Gasteiger partial charge >= 0.3 is 5.97 Å². The summed E-state index contributed by atoms with van der Waals surface area (Å²) >= 11 is 0. The molecule has 2 heterocycles. The lowest BCUT2D eigenvalue weighted by Gasteiger charge is -2.35. The zero-order valence-electron chi connectivity index (χ0n) is 23.4. The number of aryl methyl sites for hydroxylation is 1. The van der Waals surface area contributed by atoms with Gasteiger partial charge in [-0.25, -0.2) is 4.39 Å². The maximum atomic E-state index is 13.3. The summed E-state index contributed by atoms with van der Waals surface area (Å²) < 4.78 is 13.3. The molecule has 4 atom stereocenters. The second kappa shape index (κ2) is 12.9. The van der Waals surface area contributed by atoms with E-state index in [0.29, 0.717) is 23.7 Å². The van der Waals surface area contributed by atoms with Crippen LogP contribution in [-0.2, 0) is 4.79 Å². The van der Waals surface area contributed by atoms with Gasteiger partial charge in [0.2, 0.25) is 0 Å². The number of hydrogen-bond donors (Lipinski definition) is 2. The largest absolute Gasteiger partial charge is 0.480 e. The number of benzene rings is 2. The summed E-state index contributed by atoms with van der Waals surface area (Å²) in [6.45, 7) is 7.10. The predicted molar refractivity (Wildman–Crippen MR) is 152 cm³/mol. The van der Waals surface area contributed by atoms with E-state index in [1.165, 1.54) is 36.1 Å². The topological polar surface area (TPSA) is 64.0 Å². The third-order valence-corrected chi connectivity index (χ3v) is 9.60. The van der Waals surface area contributed by atoms with Gasteiger partial charge in [0.05, 0.1) is 0 Å². The number of aliphatic carboxylic acids is 1. The highest BCUT2D eigenvalue weighted by molar-refractivity contribution is 5.73. The number of hydrogen-bond acceptors (Lipinski definition) is 4. The van der Waals surface area contributed by atoms with Crippen LogP contribution < -0.4 is 0 Å². The zero-order valence-corrected chi connectivity index (χ0v) is 23.4. The molecule has 39 heavy (non-hydrogen) atoms. The van der Waals surface area contributed by atoms with E-state index in [0.717, 1.165) is 70.4 Å². The van der Waals surface area contributed by atoms with E-state index >= 15 is 0 Å². The summed E-state index contributed by atoms with van der Waals surface area (Å²) in [6, 6.07) is 15.0. The van der Waals surface area contributed by atoms with E-state index in [-0.39, 0.29) is 24.4 Å². The van der Waals surface area contributed by atoms with Gasteiger partial charge in [-0.3, -0.25) is 9.69 Å².